The summed E-state index contributed by atoms with van der Waals surface area (Å²) < 4.78 is 15.5. The minimum absolute atomic E-state index is 0.0116. The first-order valence-corrected chi connectivity index (χ1v) is 6.50. The highest BCUT2D eigenvalue weighted by Gasteiger charge is 2.21. The fourth-order valence-corrected chi connectivity index (χ4v) is 2.51. The lowest BCUT2D eigenvalue weighted by molar-refractivity contribution is 0.574. The molecule has 2 aliphatic heterocycles. The largest absolute Gasteiger partial charge is 0.327 e. The third-order valence-electron chi connectivity index (χ3n) is 3.47. The van der Waals surface area contributed by atoms with Crippen molar-refractivity contribution >= 4 is 11.0 Å². The number of hydrogen-bond acceptors (Lipinski definition) is 2. The Bertz CT molecular complexity index is 972. The molecule has 2 heterocycles. The summed E-state index contributed by atoms with van der Waals surface area (Å²) in [5.41, 5.74) is 1.76. The first-order valence-electron chi connectivity index (χ1n) is 6.50. The summed E-state index contributed by atoms with van der Waals surface area (Å²) in [7, 11) is 0. The van der Waals surface area contributed by atoms with Crippen LogP contribution < -0.4 is 5.56 Å². The number of para-hydroxylation sites is 2. The number of rotatable bonds is 1. The number of aromatic amines is 1. The molecule has 0 saturated carbocycles. The highest BCUT2D eigenvalue weighted by molar-refractivity contribution is 5.78. The predicted octanol–water partition coefficient (Wildman–Crippen LogP) is 2.96. The first kappa shape index (κ1) is 11.8. The second-order valence-corrected chi connectivity index (χ2v) is 4.75. The quantitative estimate of drug-likeness (QED) is 0.582. The van der Waals surface area contributed by atoms with Gasteiger partial charge in [-0.05, 0) is 12.1 Å². The molecule has 2 aromatic rings. The normalized spacial score (nSPS) is 11.3. The van der Waals surface area contributed by atoms with Gasteiger partial charge in [-0.15, -0.1) is 0 Å². The van der Waals surface area contributed by atoms with Crippen LogP contribution in [0.2, 0.25) is 0 Å². The molecule has 4 nitrogen and oxygen atoms in total. The third kappa shape index (κ3) is 1.67. The summed E-state index contributed by atoms with van der Waals surface area (Å²) >= 11 is 0. The number of halogens is 1. The Morgan fingerprint density at radius 3 is 2.52 bits per heavy atom. The van der Waals surface area contributed by atoms with Crippen LogP contribution in [0, 0.1) is 5.95 Å². The van der Waals surface area contributed by atoms with E-state index in [1.54, 1.807) is 36.4 Å². The van der Waals surface area contributed by atoms with E-state index in [-0.39, 0.29) is 17.1 Å². The van der Waals surface area contributed by atoms with E-state index in [4.69, 9.17) is 0 Å². The van der Waals surface area contributed by atoms with E-state index in [1.165, 1.54) is 4.57 Å². The molecule has 0 amide bonds. The number of aromatic nitrogens is 3. The standard InChI is InChI=1S/C16H10FN3O/c17-14-15-19-13(10-6-2-1-3-7-10)16(21)20(15)12-9-5-4-8-11(12)18-14/h1-9,18H. The lowest BCUT2D eigenvalue weighted by Gasteiger charge is -2.07. The van der Waals surface area contributed by atoms with Gasteiger partial charge in [-0.1, -0.05) is 42.5 Å². The molecule has 2 aromatic carbocycles. The van der Waals surface area contributed by atoms with Crippen LogP contribution in [0.5, 0.6) is 0 Å². The van der Waals surface area contributed by atoms with Gasteiger partial charge in [0.15, 0.2) is 5.82 Å². The molecule has 1 N–H and O–H groups in total. The summed E-state index contributed by atoms with van der Waals surface area (Å²) in [4.78, 5) is 19.4. The van der Waals surface area contributed by atoms with E-state index in [0.29, 0.717) is 16.6 Å². The van der Waals surface area contributed by atoms with E-state index in [2.05, 4.69) is 9.97 Å². The molecule has 0 fully saturated rings. The van der Waals surface area contributed by atoms with Crippen molar-refractivity contribution in [1.29, 1.82) is 0 Å². The molecular formula is C16H10FN3O. The maximum atomic E-state index is 14.1. The summed E-state index contributed by atoms with van der Waals surface area (Å²) in [6.45, 7) is 0. The number of benzene rings is 2. The van der Waals surface area contributed by atoms with Gasteiger partial charge in [0.25, 0.3) is 5.56 Å². The molecule has 0 aromatic heterocycles. The van der Waals surface area contributed by atoms with Crippen molar-refractivity contribution in [3.8, 4) is 17.1 Å². The van der Waals surface area contributed by atoms with Crippen LogP contribution in [0.15, 0.2) is 59.4 Å². The summed E-state index contributed by atoms with van der Waals surface area (Å²) in [6, 6.07) is 16.1. The van der Waals surface area contributed by atoms with Crippen molar-refractivity contribution in [2.45, 2.75) is 0 Å². The van der Waals surface area contributed by atoms with Gasteiger partial charge in [0.1, 0.15) is 5.69 Å². The van der Waals surface area contributed by atoms with E-state index in [9.17, 15) is 9.18 Å². The van der Waals surface area contributed by atoms with Crippen LogP contribution in [-0.4, -0.2) is 14.5 Å². The number of nitrogens with zero attached hydrogens (tertiary/aromatic N) is 2. The Kier molecular flexibility index (Phi) is 2.41. The van der Waals surface area contributed by atoms with Crippen LogP contribution in [0.25, 0.3) is 28.1 Å². The van der Waals surface area contributed by atoms with Gasteiger partial charge in [0.2, 0.25) is 5.95 Å². The fourth-order valence-electron chi connectivity index (χ4n) is 2.51. The fraction of sp³-hybridized carbons (Fsp3) is 0. The average Bonchev–Trinajstić information content (AvgIpc) is 2.87. The van der Waals surface area contributed by atoms with Crippen molar-refractivity contribution < 1.29 is 4.39 Å². The lowest BCUT2D eigenvalue weighted by atomic mass is 10.2. The van der Waals surface area contributed by atoms with E-state index >= 15 is 0 Å². The SMILES string of the molecule is O=c1c(-c2ccccc2)nc2c(F)[nH]c3ccccc3n1-2. The Labute approximate surface area is 118 Å². The van der Waals surface area contributed by atoms with Crippen LogP contribution in [0.1, 0.15) is 0 Å². The van der Waals surface area contributed by atoms with Crippen molar-refractivity contribution in [2.75, 3.05) is 0 Å². The van der Waals surface area contributed by atoms with Gasteiger partial charge in [0.05, 0.1) is 11.0 Å². The molecular weight excluding hydrogens is 269 g/mol. The highest BCUT2D eigenvalue weighted by Crippen LogP contribution is 2.22. The Morgan fingerprint density at radius 1 is 1.00 bits per heavy atom. The van der Waals surface area contributed by atoms with Gasteiger partial charge in [-0.2, -0.15) is 4.39 Å². The van der Waals surface area contributed by atoms with Gasteiger partial charge in [-0.3, -0.25) is 9.36 Å². The molecule has 0 saturated heterocycles. The highest BCUT2D eigenvalue weighted by atomic mass is 19.1. The van der Waals surface area contributed by atoms with E-state index in [0.717, 1.165) is 0 Å². The summed E-state index contributed by atoms with van der Waals surface area (Å²) in [5, 5.41) is 0. The smallest absolute Gasteiger partial charge is 0.283 e. The maximum Gasteiger partial charge on any atom is 0.283 e. The molecule has 0 bridgehead atoms. The molecule has 4 rings (SSSR count). The number of hydrogen-bond donors (Lipinski definition) is 1. The molecule has 102 valence electrons. The zero-order valence-electron chi connectivity index (χ0n) is 10.9. The van der Waals surface area contributed by atoms with Crippen molar-refractivity contribution in [3.63, 3.8) is 0 Å². The molecule has 21 heavy (non-hydrogen) atoms. The van der Waals surface area contributed by atoms with Crippen LogP contribution >= 0.6 is 0 Å². The van der Waals surface area contributed by atoms with Crippen molar-refractivity contribution in [3.05, 3.63) is 70.9 Å². The van der Waals surface area contributed by atoms with Gasteiger partial charge < -0.3 is 4.98 Å². The Hall–Kier alpha value is -2.95. The molecule has 0 unspecified atom stereocenters. The molecule has 5 heteroatoms. The van der Waals surface area contributed by atoms with Crippen LogP contribution in [0.4, 0.5) is 4.39 Å². The molecule has 0 spiro atoms. The number of H-pyrrole nitrogens is 1. The van der Waals surface area contributed by atoms with Gasteiger partial charge in [-0.25, -0.2) is 4.98 Å². The topological polar surface area (TPSA) is 50.7 Å². The average molecular weight is 279 g/mol. The number of nitrogens with one attached hydrogen (secondary N) is 1. The zero-order valence-corrected chi connectivity index (χ0v) is 10.9. The minimum Gasteiger partial charge on any atom is -0.327 e. The third-order valence-corrected chi connectivity index (χ3v) is 3.47. The van der Waals surface area contributed by atoms with Crippen LogP contribution in [0.3, 0.4) is 0 Å². The van der Waals surface area contributed by atoms with Gasteiger partial charge in [0, 0.05) is 5.56 Å². The van der Waals surface area contributed by atoms with E-state index in [1.807, 2.05) is 18.2 Å². The monoisotopic (exact) mass is 279 g/mol. The first-order chi connectivity index (χ1) is 10.3. The Balaban J connectivity index is 2.16. The zero-order chi connectivity index (χ0) is 14.4. The molecule has 2 aliphatic rings. The lowest BCUT2D eigenvalue weighted by Crippen LogP contribution is -2.16. The maximum absolute atomic E-state index is 14.1. The molecule has 0 radical (unpaired) electrons. The summed E-state index contributed by atoms with van der Waals surface area (Å²) in [5.74, 6) is -0.606. The minimum atomic E-state index is -0.618. The van der Waals surface area contributed by atoms with Gasteiger partial charge >= 0.3 is 0 Å². The van der Waals surface area contributed by atoms with Crippen molar-refractivity contribution in [1.82, 2.24) is 14.5 Å². The second-order valence-electron chi connectivity index (χ2n) is 4.75. The number of imidazole rings is 1. The van der Waals surface area contributed by atoms with Crippen LogP contribution in [-0.2, 0) is 0 Å². The van der Waals surface area contributed by atoms with E-state index < -0.39 is 5.95 Å². The second kappa shape index (κ2) is 4.28. The summed E-state index contributed by atoms with van der Waals surface area (Å²) in [6.07, 6.45) is 0. The predicted molar refractivity (Wildman–Crippen MR) is 78.3 cm³/mol. The molecule has 0 atom stereocenters. The molecule has 0 aliphatic carbocycles. The number of fused-ring (bicyclic) bond motifs is 3. The van der Waals surface area contributed by atoms with Crippen molar-refractivity contribution in [2.24, 2.45) is 0 Å². The Morgan fingerprint density at radius 2 is 1.71 bits per heavy atom.